The number of nitrogens with one attached hydrogen (secondary N) is 1. The number of rotatable bonds is 7. The van der Waals surface area contributed by atoms with Crippen molar-refractivity contribution in [1.29, 1.82) is 0 Å². The van der Waals surface area contributed by atoms with E-state index in [1.807, 2.05) is 6.92 Å². The van der Waals surface area contributed by atoms with Crippen LogP contribution in [0.1, 0.15) is 46.5 Å². The first kappa shape index (κ1) is 17.1. The standard InChI is InChI=1S/C14H26N2O3S/c1-4-12-16(11(9-20-12)13(17)18)14(19)15-8-6-5-7-10(2)3/h10-12H,4-9H2,1-3H3,(H,15,19)(H,17,18). The fourth-order valence-electron chi connectivity index (χ4n) is 2.30. The molecule has 2 unspecified atom stereocenters. The molecule has 0 bridgehead atoms. The predicted molar refractivity (Wildman–Crippen MR) is 81.9 cm³/mol. The zero-order valence-corrected chi connectivity index (χ0v) is 13.4. The zero-order chi connectivity index (χ0) is 15.1. The van der Waals surface area contributed by atoms with Gasteiger partial charge < -0.3 is 10.4 Å². The lowest BCUT2D eigenvalue weighted by molar-refractivity contribution is -0.141. The Morgan fingerprint density at radius 3 is 2.65 bits per heavy atom. The molecule has 116 valence electrons. The van der Waals surface area contributed by atoms with Crippen molar-refractivity contribution in [2.24, 2.45) is 5.92 Å². The van der Waals surface area contributed by atoms with Crippen LogP contribution in [0.25, 0.3) is 0 Å². The van der Waals surface area contributed by atoms with Crippen molar-refractivity contribution in [1.82, 2.24) is 10.2 Å². The lowest BCUT2D eigenvalue weighted by Gasteiger charge is -2.26. The average molecular weight is 302 g/mol. The molecule has 0 aliphatic carbocycles. The van der Waals surface area contributed by atoms with Crippen molar-refractivity contribution >= 4 is 23.8 Å². The first-order valence-electron chi connectivity index (χ1n) is 7.38. The Morgan fingerprint density at radius 1 is 1.40 bits per heavy atom. The number of unbranched alkanes of at least 4 members (excludes halogenated alkanes) is 1. The van der Waals surface area contributed by atoms with E-state index in [0.29, 0.717) is 18.2 Å². The lowest BCUT2D eigenvalue weighted by Crippen LogP contribution is -2.50. The van der Waals surface area contributed by atoms with Crippen LogP contribution < -0.4 is 5.32 Å². The normalized spacial score (nSPS) is 22.3. The van der Waals surface area contributed by atoms with E-state index in [-0.39, 0.29) is 11.4 Å². The largest absolute Gasteiger partial charge is 0.480 e. The van der Waals surface area contributed by atoms with Crippen LogP contribution in [0.2, 0.25) is 0 Å². The quantitative estimate of drug-likeness (QED) is 0.710. The van der Waals surface area contributed by atoms with E-state index in [0.717, 1.165) is 25.7 Å². The molecule has 1 fully saturated rings. The number of amides is 2. The number of nitrogens with zero attached hydrogens (tertiary/aromatic N) is 1. The summed E-state index contributed by atoms with van der Waals surface area (Å²) >= 11 is 1.55. The highest BCUT2D eigenvalue weighted by Crippen LogP contribution is 2.31. The fourth-order valence-corrected chi connectivity index (χ4v) is 3.65. The monoisotopic (exact) mass is 302 g/mol. The molecule has 20 heavy (non-hydrogen) atoms. The first-order chi connectivity index (χ1) is 9.47. The molecule has 1 aliphatic rings. The Kier molecular flexibility index (Phi) is 7.19. The van der Waals surface area contributed by atoms with Crippen LogP contribution in [0.15, 0.2) is 0 Å². The van der Waals surface area contributed by atoms with Gasteiger partial charge in [-0.15, -0.1) is 11.8 Å². The Morgan fingerprint density at radius 2 is 2.10 bits per heavy atom. The number of aliphatic carboxylic acids is 1. The third-order valence-electron chi connectivity index (χ3n) is 3.45. The number of hydrogen-bond acceptors (Lipinski definition) is 3. The van der Waals surface area contributed by atoms with Crippen LogP contribution in [0.3, 0.4) is 0 Å². The molecule has 0 saturated carbocycles. The highest BCUT2D eigenvalue weighted by atomic mass is 32.2. The summed E-state index contributed by atoms with van der Waals surface area (Å²) in [6.07, 6.45) is 3.96. The molecule has 1 heterocycles. The molecule has 6 heteroatoms. The molecule has 0 aromatic heterocycles. The molecule has 0 aromatic rings. The summed E-state index contributed by atoms with van der Waals surface area (Å²) in [5.41, 5.74) is 0. The Bertz CT molecular complexity index is 336. The number of urea groups is 1. The smallest absolute Gasteiger partial charge is 0.327 e. The van der Waals surface area contributed by atoms with Gasteiger partial charge in [0.1, 0.15) is 6.04 Å². The minimum absolute atomic E-state index is 0.0215. The highest BCUT2D eigenvalue weighted by molar-refractivity contribution is 8.00. The maximum absolute atomic E-state index is 12.2. The van der Waals surface area contributed by atoms with Crippen molar-refractivity contribution in [2.75, 3.05) is 12.3 Å². The first-order valence-corrected chi connectivity index (χ1v) is 8.42. The number of thioether (sulfide) groups is 1. The topological polar surface area (TPSA) is 69.6 Å². The molecule has 0 spiro atoms. The fraction of sp³-hybridized carbons (Fsp3) is 0.857. The van der Waals surface area contributed by atoms with E-state index in [9.17, 15) is 14.7 Å². The van der Waals surface area contributed by atoms with Gasteiger partial charge in [0.2, 0.25) is 0 Å². The molecular weight excluding hydrogens is 276 g/mol. The molecule has 1 aliphatic heterocycles. The minimum atomic E-state index is -0.914. The summed E-state index contributed by atoms with van der Waals surface area (Å²) in [4.78, 5) is 24.9. The maximum Gasteiger partial charge on any atom is 0.327 e. The van der Waals surface area contributed by atoms with Crippen molar-refractivity contribution in [3.63, 3.8) is 0 Å². The number of carbonyl (C=O) groups excluding carboxylic acids is 1. The Balaban J connectivity index is 2.41. The molecule has 0 aromatic carbocycles. The van der Waals surface area contributed by atoms with Gasteiger partial charge in [0.15, 0.2) is 0 Å². The molecule has 0 radical (unpaired) electrons. The molecule has 1 saturated heterocycles. The van der Waals surface area contributed by atoms with Crippen LogP contribution in [-0.4, -0.2) is 45.7 Å². The second-order valence-corrected chi connectivity index (χ2v) is 6.79. The average Bonchev–Trinajstić information content (AvgIpc) is 2.81. The molecule has 1 rings (SSSR count). The van der Waals surface area contributed by atoms with Crippen molar-refractivity contribution in [2.45, 2.75) is 57.9 Å². The second-order valence-electron chi connectivity index (χ2n) is 5.58. The summed E-state index contributed by atoms with van der Waals surface area (Å²) in [5, 5.41) is 12.0. The van der Waals surface area contributed by atoms with E-state index in [4.69, 9.17) is 0 Å². The van der Waals surface area contributed by atoms with Crippen LogP contribution in [0.4, 0.5) is 4.79 Å². The lowest BCUT2D eigenvalue weighted by atomic mass is 10.1. The van der Waals surface area contributed by atoms with E-state index >= 15 is 0 Å². The summed E-state index contributed by atoms with van der Waals surface area (Å²) in [6.45, 7) is 6.97. The van der Waals surface area contributed by atoms with Crippen LogP contribution in [0, 0.1) is 5.92 Å². The SMILES string of the molecule is CCC1SCC(C(=O)O)N1C(=O)NCCCCC(C)C. The maximum atomic E-state index is 12.2. The predicted octanol–water partition coefficient (Wildman–Crippen LogP) is 2.76. The van der Waals surface area contributed by atoms with Crippen LogP contribution in [-0.2, 0) is 4.79 Å². The van der Waals surface area contributed by atoms with Gasteiger partial charge in [0.05, 0.1) is 5.37 Å². The van der Waals surface area contributed by atoms with Gasteiger partial charge in [-0.3, -0.25) is 4.90 Å². The molecule has 2 N–H and O–H groups in total. The Hall–Kier alpha value is -0.910. The van der Waals surface area contributed by atoms with Crippen molar-refractivity contribution < 1.29 is 14.7 Å². The molecule has 2 amide bonds. The zero-order valence-electron chi connectivity index (χ0n) is 12.6. The molecule has 2 atom stereocenters. The summed E-state index contributed by atoms with van der Waals surface area (Å²) in [6, 6.07) is -0.931. The summed E-state index contributed by atoms with van der Waals surface area (Å²) < 4.78 is 0. The van der Waals surface area contributed by atoms with Gasteiger partial charge in [-0.25, -0.2) is 9.59 Å². The molecular formula is C14H26N2O3S. The van der Waals surface area contributed by atoms with Gasteiger partial charge in [-0.2, -0.15) is 0 Å². The number of carbonyl (C=O) groups is 2. The van der Waals surface area contributed by atoms with E-state index in [1.54, 1.807) is 11.8 Å². The van der Waals surface area contributed by atoms with Gasteiger partial charge in [-0.05, 0) is 18.8 Å². The number of carboxylic acid groups (broad SMARTS) is 1. The van der Waals surface area contributed by atoms with Gasteiger partial charge in [0.25, 0.3) is 0 Å². The van der Waals surface area contributed by atoms with Crippen LogP contribution >= 0.6 is 11.8 Å². The van der Waals surface area contributed by atoms with Gasteiger partial charge >= 0.3 is 12.0 Å². The Labute approximate surface area is 125 Å². The molecule has 5 nitrogen and oxygen atoms in total. The van der Waals surface area contributed by atoms with Gasteiger partial charge in [-0.1, -0.05) is 33.6 Å². The van der Waals surface area contributed by atoms with Crippen molar-refractivity contribution in [3.05, 3.63) is 0 Å². The minimum Gasteiger partial charge on any atom is -0.480 e. The third kappa shape index (κ3) is 4.89. The number of carboxylic acids is 1. The third-order valence-corrected chi connectivity index (χ3v) is 4.90. The van der Waals surface area contributed by atoms with Crippen molar-refractivity contribution in [3.8, 4) is 0 Å². The van der Waals surface area contributed by atoms with E-state index in [2.05, 4.69) is 19.2 Å². The summed E-state index contributed by atoms with van der Waals surface area (Å²) in [7, 11) is 0. The number of hydrogen-bond donors (Lipinski definition) is 2. The van der Waals surface area contributed by atoms with E-state index < -0.39 is 12.0 Å². The second kappa shape index (κ2) is 8.39. The van der Waals surface area contributed by atoms with Crippen LogP contribution in [0.5, 0.6) is 0 Å². The highest BCUT2D eigenvalue weighted by Gasteiger charge is 2.40. The van der Waals surface area contributed by atoms with Gasteiger partial charge in [0, 0.05) is 12.3 Å². The van der Waals surface area contributed by atoms with E-state index in [1.165, 1.54) is 4.90 Å². The summed E-state index contributed by atoms with van der Waals surface area (Å²) in [5.74, 6) is 0.249.